The third-order valence-electron chi connectivity index (χ3n) is 4.66. The Hall–Kier alpha value is -1.76. The van der Waals surface area contributed by atoms with Crippen molar-refractivity contribution in [2.75, 3.05) is 13.2 Å². The number of benzene rings is 1. The molecule has 132 valence electrons. The van der Waals surface area contributed by atoms with Crippen molar-refractivity contribution >= 4 is 5.96 Å². The largest absolute Gasteiger partial charge is 0.416 e. The summed E-state index contributed by atoms with van der Waals surface area (Å²) in [5, 5.41) is 3.13. The topological polar surface area (TPSA) is 59.6 Å². The molecule has 7 heteroatoms. The molecule has 3 N–H and O–H groups in total. The Morgan fingerprint density at radius 1 is 1.33 bits per heavy atom. The van der Waals surface area contributed by atoms with Crippen LogP contribution in [0.1, 0.15) is 42.7 Å². The van der Waals surface area contributed by atoms with Crippen LogP contribution in [0, 0.1) is 0 Å². The van der Waals surface area contributed by atoms with E-state index in [4.69, 9.17) is 10.5 Å². The van der Waals surface area contributed by atoms with E-state index in [0.717, 1.165) is 43.9 Å². The summed E-state index contributed by atoms with van der Waals surface area (Å²) in [7, 11) is 0. The minimum Gasteiger partial charge on any atom is -0.376 e. The van der Waals surface area contributed by atoms with Gasteiger partial charge in [0.15, 0.2) is 5.96 Å². The van der Waals surface area contributed by atoms with Gasteiger partial charge in [-0.15, -0.1) is 0 Å². The number of halogens is 3. The van der Waals surface area contributed by atoms with Crippen LogP contribution in [-0.4, -0.2) is 31.3 Å². The molecular formula is C17H22F3N3O. The monoisotopic (exact) mass is 341 g/mol. The van der Waals surface area contributed by atoms with Crippen LogP contribution in [0.5, 0.6) is 0 Å². The molecule has 1 aliphatic carbocycles. The summed E-state index contributed by atoms with van der Waals surface area (Å²) in [5.74, 6) is 0.522. The third-order valence-corrected chi connectivity index (χ3v) is 4.66. The molecule has 1 saturated carbocycles. The number of nitrogens with zero attached hydrogens (tertiary/aromatic N) is 1. The first-order chi connectivity index (χ1) is 11.4. The second-order valence-corrected chi connectivity index (χ2v) is 6.49. The van der Waals surface area contributed by atoms with E-state index in [1.54, 1.807) is 6.07 Å². The molecule has 2 aliphatic rings. The van der Waals surface area contributed by atoms with Crippen molar-refractivity contribution in [1.29, 1.82) is 0 Å². The van der Waals surface area contributed by atoms with Crippen LogP contribution in [0.25, 0.3) is 0 Å². The maximum absolute atomic E-state index is 12.8. The molecule has 0 radical (unpaired) electrons. The molecule has 24 heavy (non-hydrogen) atoms. The van der Waals surface area contributed by atoms with Crippen LogP contribution < -0.4 is 11.1 Å². The molecule has 1 aliphatic heterocycles. The van der Waals surface area contributed by atoms with Gasteiger partial charge in [0.25, 0.3) is 0 Å². The molecule has 2 fully saturated rings. The Balaban J connectivity index is 1.47. The van der Waals surface area contributed by atoms with E-state index >= 15 is 0 Å². The smallest absolute Gasteiger partial charge is 0.376 e. The van der Waals surface area contributed by atoms with Crippen molar-refractivity contribution in [3.05, 3.63) is 35.4 Å². The summed E-state index contributed by atoms with van der Waals surface area (Å²) in [6.07, 6.45) is -0.539. The molecule has 1 saturated heterocycles. The second kappa shape index (κ2) is 7.01. The molecule has 1 aromatic carbocycles. The first-order valence-corrected chi connectivity index (χ1v) is 8.27. The van der Waals surface area contributed by atoms with Crippen LogP contribution in [-0.2, 0) is 10.9 Å². The number of nitrogens with two attached hydrogens (primary N) is 1. The number of guanidine groups is 1. The number of nitrogens with one attached hydrogen (secondary N) is 1. The van der Waals surface area contributed by atoms with Gasteiger partial charge in [-0.25, -0.2) is 0 Å². The van der Waals surface area contributed by atoms with Gasteiger partial charge in [0.1, 0.15) is 0 Å². The number of alkyl halides is 3. The Bertz CT molecular complexity index is 591. The lowest BCUT2D eigenvalue weighted by molar-refractivity contribution is -0.137. The normalized spacial score (nSPS) is 27.8. The Kier molecular flexibility index (Phi) is 4.99. The molecule has 1 unspecified atom stereocenters. The number of rotatable bonds is 4. The van der Waals surface area contributed by atoms with Crippen molar-refractivity contribution in [3.8, 4) is 0 Å². The number of ether oxygens (including phenoxy) is 1. The molecule has 0 amide bonds. The SMILES string of the molecule is NC(=NCC1CCCO1)NC1CC(c2cccc(C(F)(F)F)c2)C1. The third kappa shape index (κ3) is 4.20. The molecule has 0 bridgehead atoms. The lowest BCUT2D eigenvalue weighted by Gasteiger charge is -2.36. The fraction of sp³-hybridized carbons (Fsp3) is 0.588. The van der Waals surface area contributed by atoms with Crippen molar-refractivity contribution in [3.63, 3.8) is 0 Å². The lowest BCUT2D eigenvalue weighted by Crippen LogP contribution is -2.46. The van der Waals surface area contributed by atoms with Gasteiger partial charge in [-0.2, -0.15) is 13.2 Å². The lowest BCUT2D eigenvalue weighted by atomic mass is 9.75. The van der Waals surface area contributed by atoms with E-state index in [9.17, 15) is 13.2 Å². The van der Waals surface area contributed by atoms with E-state index in [2.05, 4.69) is 10.3 Å². The first kappa shape index (κ1) is 17.1. The quantitative estimate of drug-likeness (QED) is 0.654. The molecule has 3 rings (SSSR count). The van der Waals surface area contributed by atoms with Gasteiger partial charge in [0, 0.05) is 12.6 Å². The minimum atomic E-state index is -4.29. The van der Waals surface area contributed by atoms with Gasteiger partial charge in [0.2, 0.25) is 0 Å². The van der Waals surface area contributed by atoms with Crippen LogP contribution in [0.3, 0.4) is 0 Å². The predicted molar refractivity (Wildman–Crippen MR) is 85.8 cm³/mol. The Morgan fingerprint density at radius 3 is 2.79 bits per heavy atom. The highest BCUT2D eigenvalue weighted by Gasteiger charge is 2.34. The van der Waals surface area contributed by atoms with Gasteiger partial charge < -0.3 is 15.8 Å². The average Bonchev–Trinajstić information content (AvgIpc) is 3.01. The van der Waals surface area contributed by atoms with Crippen molar-refractivity contribution in [2.45, 2.75) is 49.9 Å². The van der Waals surface area contributed by atoms with Crippen molar-refractivity contribution < 1.29 is 17.9 Å². The maximum atomic E-state index is 12.8. The summed E-state index contributed by atoms with van der Waals surface area (Å²) in [6.45, 7) is 1.34. The molecule has 0 spiro atoms. The fourth-order valence-electron chi connectivity index (χ4n) is 3.22. The number of hydrogen-bond acceptors (Lipinski definition) is 2. The summed E-state index contributed by atoms with van der Waals surface area (Å²) >= 11 is 0. The van der Waals surface area contributed by atoms with E-state index < -0.39 is 11.7 Å². The summed E-state index contributed by atoms with van der Waals surface area (Å²) < 4.78 is 43.8. The van der Waals surface area contributed by atoms with Gasteiger partial charge in [-0.1, -0.05) is 18.2 Å². The molecule has 4 nitrogen and oxygen atoms in total. The van der Waals surface area contributed by atoms with Gasteiger partial charge in [0.05, 0.1) is 18.2 Å². The molecule has 1 heterocycles. The number of hydrogen-bond donors (Lipinski definition) is 2. The van der Waals surface area contributed by atoms with Gasteiger partial charge >= 0.3 is 6.18 Å². The predicted octanol–water partition coefficient (Wildman–Crippen LogP) is 3.03. The Morgan fingerprint density at radius 2 is 2.12 bits per heavy atom. The fourth-order valence-corrected chi connectivity index (χ4v) is 3.22. The van der Waals surface area contributed by atoms with Gasteiger partial charge in [-0.05, 0) is 43.2 Å². The summed E-state index contributed by atoms with van der Waals surface area (Å²) in [5.41, 5.74) is 6.01. The first-order valence-electron chi connectivity index (χ1n) is 8.27. The van der Waals surface area contributed by atoms with Crippen molar-refractivity contribution in [2.24, 2.45) is 10.7 Å². The highest BCUT2D eigenvalue weighted by atomic mass is 19.4. The molecule has 0 aromatic heterocycles. The molecule has 1 aromatic rings. The van der Waals surface area contributed by atoms with Gasteiger partial charge in [-0.3, -0.25) is 4.99 Å². The van der Waals surface area contributed by atoms with E-state index in [0.29, 0.717) is 12.5 Å². The molecular weight excluding hydrogens is 319 g/mol. The zero-order valence-electron chi connectivity index (χ0n) is 13.4. The zero-order valence-corrected chi connectivity index (χ0v) is 13.4. The maximum Gasteiger partial charge on any atom is 0.416 e. The highest BCUT2D eigenvalue weighted by molar-refractivity contribution is 5.78. The average molecular weight is 341 g/mol. The van der Waals surface area contributed by atoms with Crippen LogP contribution in [0.4, 0.5) is 13.2 Å². The van der Waals surface area contributed by atoms with E-state index in [1.807, 2.05) is 0 Å². The van der Waals surface area contributed by atoms with E-state index in [-0.39, 0.29) is 18.1 Å². The highest BCUT2D eigenvalue weighted by Crippen LogP contribution is 2.39. The standard InChI is InChI=1S/C17H22F3N3O/c18-17(19,20)13-4-1-3-11(7-13)12-8-14(9-12)23-16(21)22-10-15-5-2-6-24-15/h1,3-4,7,12,14-15H,2,5-6,8-10H2,(H3,21,22,23). The Labute approximate surface area is 139 Å². The van der Waals surface area contributed by atoms with Crippen LogP contribution >= 0.6 is 0 Å². The minimum absolute atomic E-state index is 0.135. The van der Waals surface area contributed by atoms with Crippen LogP contribution in [0.2, 0.25) is 0 Å². The van der Waals surface area contributed by atoms with Crippen molar-refractivity contribution in [1.82, 2.24) is 5.32 Å². The summed E-state index contributed by atoms with van der Waals surface area (Å²) in [6, 6.07) is 5.74. The van der Waals surface area contributed by atoms with E-state index in [1.165, 1.54) is 12.1 Å². The summed E-state index contributed by atoms with van der Waals surface area (Å²) in [4.78, 5) is 4.28. The van der Waals surface area contributed by atoms with Crippen LogP contribution in [0.15, 0.2) is 29.3 Å². The molecule has 1 atom stereocenters. The second-order valence-electron chi connectivity index (χ2n) is 6.49. The zero-order chi connectivity index (χ0) is 17.2. The number of aliphatic imine (C=N–C) groups is 1.